The number of benzene rings is 2. The van der Waals surface area contributed by atoms with Gasteiger partial charge in [-0.1, -0.05) is 24.3 Å². The van der Waals surface area contributed by atoms with Crippen molar-refractivity contribution in [3.63, 3.8) is 0 Å². The Morgan fingerprint density at radius 1 is 1.19 bits per heavy atom. The smallest absolute Gasteiger partial charge is 0.261 e. The highest BCUT2D eigenvalue weighted by atomic mass is 16.6. The van der Waals surface area contributed by atoms with Gasteiger partial charge in [0.25, 0.3) is 5.56 Å². The van der Waals surface area contributed by atoms with E-state index in [0.29, 0.717) is 35.6 Å². The summed E-state index contributed by atoms with van der Waals surface area (Å²) < 4.78 is 12.9. The van der Waals surface area contributed by atoms with Gasteiger partial charge in [-0.15, -0.1) is 0 Å². The number of hydrogen-bond donors (Lipinski definition) is 0. The average Bonchev–Trinajstić information content (AvgIpc) is 2.70. The lowest BCUT2D eigenvalue weighted by atomic mass is 10.2. The lowest BCUT2D eigenvalue weighted by Gasteiger charge is -2.29. The SMILES string of the molecule is CN(CC1COc2ccccc2O1)C(=O)Cn1cnc2ccccc2c1=O. The van der Waals surface area contributed by atoms with E-state index < -0.39 is 0 Å². The molecule has 7 nitrogen and oxygen atoms in total. The molecule has 0 saturated carbocycles. The number of rotatable bonds is 4. The Kier molecular flexibility index (Phi) is 4.50. The summed E-state index contributed by atoms with van der Waals surface area (Å²) in [6.45, 7) is 0.659. The minimum atomic E-state index is -0.264. The second kappa shape index (κ2) is 7.11. The average molecular weight is 365 g/mol. The molecule has 1 amide bonds. The molecular formula is C20H19N3O4. The van der Waals surface area contributed by atoms with Crippen molar-refractivity contribution < 1.29 is 14.3 Å². The van der Waals surface area contributed by atoms with Crippen molar-refractivity contribution in [1.29, 1.82) is 0 Å². The molecule has 0 saturated heterocycles. The molecule has 2 heterocycles. The zero-order chi connectivity index (χ0) is 18.8. The van der Waals surface area contributed by atoms with Crippen LogP contribution in [0, 0.1) is 0 Å². The van der Waals surface area contributed by atoms with Gasteiger partial charge in [-0.25, -0.2) is 4.98 Å². The molecule has 1 aromatic heterocycles. The summed E-state index contributed by atoms with van der Waals surface area (Å²) in [4.78, 5) is 30.9. The van der Waals surface area contributed by atoms with Crippen LogP contribution in [-0.4, -0.2) is 46.7 Å². The predicted molar refractivity (Wildman–Crippen MR) is 100.0 cm³/mol. The first-order valence-electron chi connectivity index (χ1n) is 8.68. The predicted octanol–water partition coefficient (Wildman–Crippen LogP) is 1.69. The number of ether oxygens (including phenoxy) is 2. The summed E-state index contributed by atoms with van der Waals surface area (Å²) in [5.74, 6) is 1.18. The fourth-order valence-electron chi connectivity index (χ4n) is 3.05. The highest BCUT2D eigenvalue weighted by Gasteiger charge is 2.24. The summed E-state index contributed by atoms with van der Waals surface area (Å²) >= 11 is 0. The van der Waals surface area contributed by atoms with Crippen LogP contribution in [0.4, 0.5) is 0 Å². The molecule has 0 bridgehead atoms. The van der Waals surface area contributed by atoms with Crippen molar-refractivity contribution in [3.05, 3.63) is 65.2 Å². The van der Waals surface area contributed by atoms with E-state index in [2.05, 4.69) is 4.98 Å². The molecule has 1 aliphatic heterocycles. The normalized spacial score (nSPS) is 15.5. The van der Waals surface area contributed by atoms with Gasteiger partial charge in [0.05, 0.1) is 23.8 Å². The van der Waals surface area contributed by atoms with Gasteiger partial charge in [0.15, 0.2) is 17.6 Å². The van der Waals surface area contributed by atoms with Gasteiger partial charge in [-0.05, 0) is 24.3 Å². The molecule has 7 heteroatoms. The molecule has 1 aliphatic rings. The summed E-state index contributed by atoms with van der Waals surface area (Å²) in [6.07, 6.45) is 1.15. The van der Waals surface area contributed by atoms with Gasteiger partial charge in [0.1, 0.15) is 13.2 Å². The van der Waals surface area contributed by atoms with E-state index in [0.717, 1.165) is 0 Å². The monoisotopic (exact) mass is 365 g/mol. The number of hydrogen-bond acceptors (Lipinski definition) is 5. The van der Waals surface area contributed by atoms with Crippen LogP contribution in [-0.2, 0) is 11.3 Å². The molecule has 2 aromatic carbocycles. The Morgan fingerprint density at radius 3 is 2.78 bits per heavy atom. The minimum Gasteiger partial charge on any atom is -0.486 e. The van der Waals surface area contributed by atoms with Crippen molar-refractivity contribution in [2.45, 2.75) is 12.6 Å². The third-order valence-electron chi connectivity index (χ3n) is 4.51. The quantitative estimate of drug-likeness (QED) is 0.704. The Morgan fingerprint density at radius 2 is 1.93 bits per heavy atom. The second-order valence-corrected chi connectivity index (χ2v) is 6.47. The third kappa shape index (κ3) is 3.48. The van der Waals surface area contributed by atoms with E-state index in [4.69, 9.17) is 9.47 Å². The zero-order valence-corrected chi connectivity index (χ0v) is 14.9. The summed E-state index contributed by atoms with van der Waals surface area (Å²) in [5, 5.41) is 0.496. The fraction of sp³-hybridized carbons (Fsp3) is 0.250. The first kappa shape index (κ1) is 17.1. The van der Waals surface area contributed by atoms with Crippen molar-refractivity contribution in [2.75, 3.05) is 20.2 Å². The topological polar surface area (TPSA) is 73.7 Å². The Bertz CT molecular complexity index is 1050. The van der Waals surface area contributed by atoms with Crippen molar-refractivity contribution >= 4 is 16.8 Å². The standard InChI is InChI=1S/C20H19N3O4/c1-22(10-14-12-26-17-8-4-5-9-18(17)27-14)19(24)11-23-13-21-16-7-3-2-6-15(16)20(23)25/h2-9,13-14H,10-12H2,1H3. The maximum absolute atomic E-state index is 12.6. The number of nitrogens with zero attached hydrogens (tertiary/aromatic N) is 3. The summed E-state index contributed by atoms with van der Waals surface area (Å²) in [7, 11) is 1.69. The number of carbonyl (C=O) groups excluding carboxylic acids is 1. The van der Waals surface area contributed by atoms with Crippen LogP contribution in [0.15, 0.2) is 59.7 Å². The largest absolute Gasteiger partial charge is 0.486 e. The lowest BCUT2D eigenvalue weighted by molar-refractivity contribution is -0.132. The van der Waals surface area contributed by atoms with Gasteiger partial charge in [0, 0.05) is 7.05 Å². The van der Waals surface area contributed by atoms with Gasteiger partial charge in [-0.3, -0.25) is 14.2 Å². The number of para-hydroxylation sites is 3. The third-order valence-corrected chi connectivity index (χ3v) is 4.51. The van der Waals surface area contributed by atoms with Gasteiger partial charge in [0.2, 0.25) is 5.91 Å². The fourth-order valence-corrected chi connectivity index (χ4v) is 3.05. The number of likely N-dealkylation sites (N-methyl/N-ethyl adjacent to an activating group) is 1. The van der Waals surface area contributed by atoms with Crippen LogP contribution in [0.2, 0.25) is 0 Å². The van der Waals surface area contributed by atoms with E-state index in [1.54, 1.807) is 30.1 Å². The molecule has 4 rings (SSSR count). The molecule has 3 aromatic rings. The first-order chi connectivity index (χ1) is 13.1. The molecule has 0 aliphatic carbocycles. The van der Waals surface area contributed by atoms with Crippen LogP contribution in [0.1, 0.15) is 0 Å². The molecule has 27 heavy (non-hydrogen) atoms. The van der Waals surface area contributed by atoms with Crippen LogP contribution >= 0.6 is 0 Å². The van der Waals surface area contributed by atoms with E-state index in [1.165, 1.54) is 10.9 Å². The molecule has 0 spiro atoms. The summed E-state index contributed by atoms with van der Waals surface area (Å²) in [6, 6.07) is 14.5. The Balaban J connectivity index is 1.43. The van der Waals surface area contributed by atoms with E-state index >= 15 is 0 Å². The molecule has 0 fully saturated rings. The Hall–Kier alpha value is -3.35. The van der Waals surface area contributed by atoms with Crippen LogP contribution in [0.25, 0.3) is 10.9 Å². The van der Waals surface area contributed by atoms with Crippen LogP contribution in [0.3, 0.4) is 0 Å². The summed E-state index contributed by atoms with van der Waals surface area (Å²) in [5.41, 5.74) is 0.388. The van der Waals surface area contributed by atoms with Crippen LogP contribution in [0.5, 0.6) is 11.5 Å². The molecule has 0 N–H and O–H groups in total. The number of carbonyl (C=O) groups is 1. The number of aromatic nitrogens is 2. The van der Waals surface area contributed by atoms with E-state index in [9.17, 15) is 9.59 Å². The second-order valence-electron chi connectivity index (χ2n) is 6.47. The van der Waals surface area contributed by atoms with Crippen molar-refractivity contribution in [3.8, 4) is 11.5 Å². The Labute approximate surface area is 155 Å². The number of amides is 1. The molecular weight excluding hydrogens is 346 g/mol. The number of fused-ring (bicyclic) bond motifs is 2. The molecule has 1 unspecified atom stereocenters. The zero-order valence-electron chi connectivity index (χ0n) is 14.9. The minimum absolute atomic E-state index is 0.0721. The highest BCUT2D eigenvalue weighted by Crippen LogP contribution is 2.30. The van der Waals surface area contributed by atoms with E-state index in [1.807, 2.05) is 30.3 Å². The maximum atomic E-state index is 12.6. The highest BCUT2D eigenvalue weighted by molar-refractivity contribution is 5.78. The van der Waals surface area contributed by atoms with Crippen molar-refractivity contribution in [2.24, 2.45) is 0 Å². The molecule has 0 radical (unpaired) electrons. The molecule has 138 valence electrons. The van der Waals surface area contributed by atoms with Crippen molar-refractivity contribution in [1.82, 2.24) is 14.5 Å². The van der Waals surface area contributed by atoms with Gasteiger partial charge in [-0.2, -0.15) is 0 Å². The van der Waals surface area contributed by atoms with Gasteiger partial charge >= 0.3 is 0 Å². The first-order valence-corrected chi connectivity index (χ1v) is 8.68. The van der Waals surface area contributed by atoms with Gasteiger partial charge < -0.3 is 14.4 Å². The van der Waals surface area contributed by atoms with Crippen LogP contribution < -0.4 is 15.0 Å². The molecule has 1 atom stereocenters. The maximum Gasteiger partial charge on any atom is 0.261 e. The van der Waals surface area contributed by atoms with E-state index in [-0.39, 0.29) is 24.1 Å². The lowest BCUT2D eigenvalue weighted by Crippen LogP contribution is -2.43.